The maximum atomic E-state index is 12.0. The Morgan fingerprint density at radius 3 is 2.27 bits per heavy atom. The molecule has 84 valence electrons. The van der Waals surface area contributed by atoms with Gasteiger partial charge in [-0.25, -0.2) is 8.78 Å². The average Bonchev–Trinajstić information content (AvgIpc) is 2.26. The van der Waals surface area contributed by atoms with E-state index in [0.717, 1.165) is 5.56 Å². The summed E-state index contributed by atoms with van der Waals surface area (Å²) in [5, 5.41) is 0. The molecule has 0 aliphatic rings. The van der Waals surface area contributed by atoms with Gasteiger partial charge >= 0.3 is 0 Å². The molecule has 0 fully saturated rings. The van der Waals surface area contributed by atoms with Crippen molar-refractivity contribution in [2.24, 2.45) is 5.73 Å². The van der Waals surface area contributed by atoms with Crippen LogP contribution in [0.2, 0.25) is 0 Å². The molecule has 1 atom stereocenters. The van der Waals surface area contributed by atoms with Crippen LogP contribution in [0.5, 0.6) is 0 Å². The molecule has 0 saturated carbocycles. The molecular formula is C12H17F2N. The van der Waals surface area contributed by atoms with Gasteiger partial charge in [0.25, 0.3) is 0 Å². The van der Waals surface area contributed by atoms with Gasteiger partial charge in [-0.2, -0.15) is 0 Å². The van der Waals surface area contributed by atoms with E-state index in [0.29, 0.717) is 18.9 Å². The normalized spacial score (nSPS) is 13.1. The van der Waals surface area contributed by atoms with Crippen molar-refractivity contribution in [1.29, 1.82) is 0 Å². The second-order valence-electron chi connectivity index (χ2n) is 3.81. The Hall–Kier alpha value is -0.960. The molecule has 0 radical (unpaired) electrons. The summed E-state index contributed by atoms with van der Waals surface area (Å²) >= 11 is 0. The van der Waals surface area contributed by atoms with Crippen LogP contribution in [0.15, 0.2) is 24.3 Å². The van der Waals surface area contributed by atoms with Crippen molar-refractivity contribution >= 4 is 0 Å². The van der Waals surface area contributed by atoms with Crippen LogP contribution in [0.3, 0.4) is 0 Å². The second-order valence-corrected chi connectivity index (χ2v) is 3.81. The van der Waals surface area contributed by atoms with E-state index < -0.39 is 6.43 Å². The summed E-state index contributed by atoms with van der Waals surface area (Å²) in [6, 6.07) is 7.75. The van der Waals surface area contributed by atoms with Crippen molar-refractivity contribution in [3.05, 3.63) is 35.4 Å². The molecule has 15 heavy (non-hydrogen) atoms. The summed E-state index contributed by atoms with van der Waals surface area (Å²) in [5.74, 6) is 0.328. The molecule has 3 heteroatoms. The first kappa shape index (κ1) is 12.1. The van der Waals surface area contributed by atoms with Crippen molar-refractivity contribution in [2.75, 3.05) is 6.54 Å². The van der Waals surface area contributed by atoms with Crippen LogP contribution in [0, 0.1) is 0 Å². The molecule has 0 spiro atoms. The third-order valence-corrected chi connectivity index (χ3v) is 2.55. The predicted molar refractivity (Wildman–Crippen MR) is 58.2 cm³/mol. The van der Waals surface area contributed by atoms with Crippen LogP contribution in [-0.2, 0) is 6.42 Å². The summed E-state index contributed by atoms with van der Waals surface area (Å²) < 4.78 is 23.9. The summed E-state index contributed by atoms with van der Waals surface area (Å²) in [7, 11) is 0. The van der Waals surface area contributed by atoms with E-state index in [4.69, 9.17) is 5.73 Å². The molecule has 1 rings (SSSR count). The zero-order valence-corrected chi connectivity index (χ0v) is 8.92. The Bertz CT molecular complexity index is 282. The lowest BCUT2D eigenvalue weighted by atomic mass is 9.99. The van der Waals surface area contributed by atoms with Gasteiger partial charge in [-0.05, 0) is 30.0 Å². The van der Waals surface area contributed by atoms with Crippen LogP contribution in [-0.4, -0.2) is 13.0 Å². The second kappa shape index (κ2) is 5.81. The minimum atomic E-state index is -2.22. The number of rotatable bonds is 5. The first-order valence-corrected chi connectivity index (χ1v) is 5.20. The Labute approximate surface area is 89.3 Å². The topological polar surface area (TPSA) is 26.0 Å². The highest BCUT2D eigenvalue weighted by molar-refractivity contribution is 5.25. The fourth-order valence-corrected chi connectivity index (χ4v) is 1.42. The van der Waals surface area contributed by atoms with E-state index in [2.05, 4.69) is 0 Å². The zero-order valence-electron chi connectivity index (χ0n) is 8.92. The van der Waals surface area contributed by atoms with E-state index in [1.54, 1.807) is 0 Å². The molecule has 0 heterocycles. The standard InChI is InChI=1S/C12H17F2N/c1-9(8-15)11-5-2-10(3-6-11)4-7-12(13)14/h2-3,5-6,9,12H,4,7-8,15H2,1H3. The number of nitrogens with two attached hydrogens (primary N) is 1. The van der Waals surface area contributed by atoms with Crippen LogP contribution in [0.1, 0.15) is 30.4 Å². The highest BCUT2D eigenvalue weighted by atomic mass is 19.3. The Kier molecular flexibility index (Phi) is 4.69. The molecule has 1 unspecified atom stereocenters. The summed E-state index contributed by atoms with van der Waals surface area (Å²) in [4.78, 5) is 0. The quantitative estimate of drug-likeness (QED) is 0.799. The lowest BCUT2D eigenvalue weighted by molar-refractivity contribution is 0.138. The van der Waals surface area contributed by atoms with E-state index in [-0.39, 0.29) is 6.42 Å². The lowest BCUT2D eigenvalue weighted by Gasteiger charge is -2.09. The molecule has 0 aromatic heterocycles. The van der Waals surface area contributed by atoms with Gasteiger partial charge in [0.05, 0.1) is 0 Å². The Morgan fingerprint density at radius 2 is 1.80 bits per heavy atom. The third-order valence-electron chi connectivity index (χ3n) is 2.55. The van der Waals surface area contributed by atoms with Gasteiger partial charge in [-0.1, -0.05) is 31.2 Å². The van der Waals surface area contributed by atoms with Crippen LogP contribution < -0.4 is 5.73 Å². The SMILES string of the molecule is CC(CN)c1ccc(CCC(F)F)cc1. The van der Waals surface area contributed by atoms with Crippen LogP contribution in [0.4, 0.5) is 8.78 Å². The number of hydrogen-bond donors (Lipinski definition) is 1. The fraction of sp³-hybridized carbons (Fsp3) is 0.500. The Balaban J connectivity index is 2.56. The number of halogens is 2. The maximum Gasteiger partial charge on any atom is 0.239 e. The average molecular weight is 213 g/mol. The first-order chi connectivity index (χ1) is 7.13. The van der Waals surface area contributed by atoms with Crippen LogP contribution >= 0.6 is 0 Å². The molecule has 0 amide bonds. The predicted octanol–water partition coefficient (Wildman–Crippen LogP) is 2.95. The van der Waals surface area contributed by atoms with Crippen molar-refractivity contribution < 1.29 is 8.78 Å². The van der Waals surface area contributed by atoms with E-state index in [9.17, 15) is 8.78 Å². The number of alkyl halides is 2. The van der Waals surface area contributed by atoms with Crippen molar-refractivity contribution in [2.45, 2.75) is 32.1 Å². The minimum absolute atomic E-state index is 0.0637. The van der Waals surface area contributed by atoms with Gasteiger partial charge < -0.3 is 5.73 Å². The highest BCUT2D eigenvalue weighted by Gasteiger charge is 2.05. The number of hydrogen-bond acceptors (Lipinski definition) is 1. The summed E-state index contributed by atoms with van der Waals surface area (Å²) in [6.07, 6.45) is -1.84. The largest absolute Gasteiger partial charge is 0.330 e. The van der Waals surface area contributed by atoms with Gasteiger partial charge in [0.15, 0.2) is 0 Å². The van der Waals surface area contributed by atoms with E-state index in [1.165, 1.54) is 5.56 Å². The molecule has 1 aromatic carbocycles. The minimum Gasteiger partial charge on any atom is -0.330 e. The van der Waals surface area contributed by atoms with Crippen molar-refractivity contribution in [3.63, 3.8) is 0 Å². The first-order valence-electron chi connectivity index (χ1n) is 5.20. The molecule has 0 aliphatic carbocycles. The highest BCUT2D eigenvalue weighted by Crippen LogP contribution is 2.16. The molecule has 0 aliphatic heterocycles. The third kappa shape index (κ3) is 3.96. The fourth-order valence-electron chi connectivity index (χ4n) is 1.42. The van der Waals surface area contributed by atoms with E-state index >= 15 is 0 Å². The number of benzene rings is 1. The van der Waals surface area contributed by atoms with Gasteiger partial charge in [-0.3, -0.25) is 0 Å². The van der Waals surface area contributed by atoms with Gasteiger partial charge in [0, 0.05) is 6.42 Å². The van der Waals surface area contributed by atoms with E-state index in [1.807, 2.05) is 31.2 Å². The maximum absolute atomic E-state index is 12.0. The van der Waals surface area contributed by atoms with Gasteiger partial charge in [0.2, 0.25) is 6.43 Å². The van der Waals surface area contributed by atoms with Crippen LogP contribution in [0.25, 0.3) is 0 Å². The molecule has 2 N–H and O–H groups in total. The van der Waals surface area contributed by atoms with Crippen molar-refractivity contribution in [1.82, 2.24) is 0 Å². The molecule has 1 nitrogen and oxygen atoms in total. The number of aryl methyl sites for hydroxylation is 1. The smallest absolute Gasteiger partial charge is 0.239 e. The van der Waals surface area contributed by atoms with Gasteiger partial charge in [0.1, 0.15) is 0 Å². The Morgan fingerprint density at radius 1 is 1.20 bits per heavy atom. The molecule has 1 aromatic rings. The lowest BCUT2D eigenvalue weighted by Crippen LogP contribution is -2.08. The molecular weight excluding hydrogens is 196 g/mol. The summed E-state index contributed by atoms with van der Waals surface area (Å²) in [5.41, 5.74) is 7.67. The molecule has 0 bridgehead atoms. The molecule has 0 saturated heterocycles. The van der Waals surface area contributed by atoms with Crippen molar-refractivity contribution in [3.8, 4) is 0 Å². The van der Waals surface area contributed by atoms with Gasteiger partial charge in [-0.15, -0.1) is 0 Å². The zero-order chi connectivity index (χ0) is 11.3. The summed E-state index contributed by atoms with van der Waals surface area (Å²) in [6.45, 7) is 2.66. The monoisotopic (exact) mass is 213 g/mol.